The van der Waals surface area contributed by atoms with Crippen LogP contribution in [0.25, 0.3) is 0 Å². The molecule has 148 valence electrons. The molecule has 0 saturated carbocycles. The summed E-state index contributed by atoms with van der Waals surface area (Å²) in [6, 6.07) is 8.46. The highest BCUT2D eigenvalue weighted by atomic mass is 32.1. The van der Waals surface area contributed by atoms with Crippen LogP contribution in [0.4, 0.5) is 5.82 Å². The number of aliphatic hydroxyl groups is 2. The standard InChI is InChI=1S/C17H19N5O5S/c18-14(25)13-15(20-17(28)21-16(26)9-4-2-1-3-5-9)22(8-19-13)12-6-10(24)11(7-23)27-12/h1-5,8,10-12,23-24H,6-7H2,(H2,18,25)(H2,20,21,26,28)/t10-,11+,12+/m0/s1/i18+1. The van der Waals surface area contributed by atoms with Gasteiger partial charge in [-0.15, -0.1) is 0 Å². The summed E-state index contributed by atoms with van der Waals surface area (Å²) >= 11 is 5.16. The van der Waals surface area contributed by atoms with Gasteiger partial charge in [-0.2, -0.15) is 0 Å². The number of amides is 2. The van der Waals surface area contributed by atoms with E-state index in [4.69, 9.17) is 22.7 Å². The van der Waals surface area contributed by atoms with E-state index in [9.17, 15) is 19.8 Å². The first-order valence-corrected chi connectivity index (χ1v) is 8.80. The lowest BCUT2D eigenvalue weighted by Gasteiger charge is -2.18. The second-order valence-electron chi connectivity index (χ2n) is 6.10. The number of hydrogen-bond donors (Lipinski definition) is 5. The van der Waals surface area contributed by atoms with Crippen molar-refractivity contribution in [1.82, 2.24) is 14.9 Å². The smallest absolute Gasteiger partial charge is 0.271 e. The number of hydrogen-bond acceptors (Lipinski definition) is 7. The number of nitrogens with one attached hydrogen (secondary N) is 2. The third kappa shape index (κ3) is 4.17. The highest BCUT2D eigenvalue weighted by Gasteiger charge is 2.36. The maximum absolute atomic E-state index is 12.2. The number of nitrogens with two attached hydrogens (primary N) is 1. The van der Waals surface area contributed by atoms with E-state index in [1.807, 2.05) is 0 Å². The Morgan fingerprint density at radius 2 is 2.07 bits per heavy atom. The molecule has 2 heterocycles. The molecular formula is C17H19N5O5S. The van der Waals surface area contributed by atoms with Gasteiger partial charge in [-0.05, 0) is 24.4 Å². The fraction of sp³-hybridized carbons (Fsp3) is 0.294. The normalized spacial score (nSPS) is 21.3. The molecule has 2 aromatic rings. The van der Waals surface area contributed by atoms with Gasteiger partial charge >= 0.3 is 0 Å². The number of carbonyl (C=O) groups excluding carboxylic acids is 2. The molecular weight excluding hydrogens is 387 g/mol. The topological polar surface area (TPSA) is 152 Å². The molecule has 1 aromatic heterocycles. The number of thiocarbonyl (C=S) groups is 1. The molecule has 0 spiro atoms. The summed E-state index contributed by atoms with van der Waals surface area (Å²) in [7, 11) is 0. The highest BCUT2D eigenvalue weighted by molar-refractivity contribution is 7.80. The summed E-state index contributed by atoms with van der Waals surface area (Å²) in [4.78, 5) is 27.9. The van der Waals surface area contributed by atoms with Crippen LogP contribution in [-0.4, -0.2) is 55.5 Å². The number of benzene rings is 1. The van der Waals surface area contributed by atoms with Crippen LogP contribution in [0.2, 0.25) is 0 Å². The van der Waals surface area contributed by atoms with Gasteiger partial charge < -0.3 is 26.0 Å². The van der Waals surface area contributed by atoms with Crippen LogP contribution in [0.5, 0.6) is 0 Å². The molecule has 3 rings (SSSR count). The quantitative estimate of drug-likeness (QED) is 0.337. The van der Waals surface area contributed by atoms with Crippen LogP contribution in [-0.2, 0) is 4.74 Å². The second-order valence-corrected chi connectivity index (χ2v) is 6.51. The summed E-state index contributed by atoms with van der Waals surface area (Å²) in [5.74, 6) is -1.13. The van der Waals surface area contributed by atoms with Crippen molar-refractivity contribution in [2.75, 3.05) is 11.9 Å². The number of ether oxygens (including phenoxy) is 1. The van der Waals surface area contributed by atoms with Crippen LogP contribution in [0, 0.1) is 0 Å². The number of rotatable bonds is 5. The van der Waals surface area contributed by atoms with E-state index in [-0.39, 0.29) is 29.7 Å². The van der Waals surface area contributed by atoms with E-state index in [1.54, 1.807) is 30.3 Å². The Bertz CT molecular complexity index is 887. The van der Waals surface area contributed by atoms with Crippen molar-refractivity contribution in [3.63, 3.8) is 0 Å². The molecule has 1 saturated heterocycles. The van der Waals surface area contributed by atoms with Crippen molar-refractivity contribution in [2.45, 2.75) is 24.9 Å². The van der Waals surface area contributed by atoms with Crippen molar-refractivity contribution in [2.24, 2.45) is 5.73 Å². The van der Waals surface area contributed by atoms with Gasteiger partial charge in [-0.25, -0.2) is 4.98 Å². The lowest BCUT2D eigenvalue weighted by molar-refractivity contribution is -0.0437. The molecule has 28 heavy (non-hydrogen) atoms. The van der Waals surface area contributed by atoms with Gasteiger partial charge in [0.2, 0.25) is 0 Å². The summed E-state index contributed by atoms with van der Waals surface area (Å²) in [6.07, 6.45) is -0.879. The molecule has 0 unspecified atom stereocenters. The molecule has 0 bridgehead atoms. The van der Waals surface area contributed by atoms with Crippen LogP contribution in [0.15, 0.2) is 36.7 Å². The molecule has 1 fully saturated rings. The first-order chi connectivity index (χ1) is 13.4. The Labute approximate surface area is 165 Å². The average Bonchev–Trinajstić information content (AvgIpc) is 3.25. The largest absolute Gasteiger partial charge is 0.394 e. The third-order valence-electron chi connectivity index (χ3n) is 4.22. The van der Waals surface area contributed by atoms with Gasteiger partial charge in [0.1, 0.15) is 18.1 Å². The van der Waals surface area contributed by atoms with E-state index in [2.05, 4.69) is 15.6 Å². The maximum Gasteiger partial charge on any atom is 0.271 e. The number of nitrogens with zero attached hydrogens (tertiary/aromatic N) is 2. The average molecular weight is 406 g/mol. The fourth-order valence-corrected chi connectivity index (χ4v) is 3.03. The fourth-order valence-electron chi connectivity index (χ4n) is 2.84. The van der Waals surface area contributed by atoms with E-state index in [1.165, 1.54) is 10.9 Å². The predicted molar refractivity (Wildman–Crippen MR) is 102 cm³/mol. The molecule has 1 aliphatic rings. The van der Waals surface area contributed by atoms with Gasteiger partial charge in [0.15, 0.2) is 10.8 Å². The lowest BCUT2D eigenvalue weighted by Crippen LogP contribution is -2.35. The molecule has 2 amide bonds. The number of carbonyl (C=O) groups is 2. The van der Waals surface area contributed by atoms with Crippen LogP contribution in [0.1, 0.15) is 33.5 Å². The van der Waals surface area contributed by atoms with Crippen molar-refractivity contribution >= 4 is 35.0 Å². The summed E-state index contributed by atoms with van der Waals surface area (Å²) in [6.45, 7) is -0.358. The van der Waals surface area contributed by atoms with Gasteiger partial charge in [-0.3, -0.25) is 19.5 Å². The first-order valence-electron chi connectivity index (χ1n) is 8.39. The minimum Gasteiger partial charge on any atom is -0.394 e. The lowest BCUT2D eigenvalue weighted by atomic mass is 10.2. The first kappa shape index (κ1) is 19.9. The Morgan fingerprint density at radius 1 is 1.36 bits per heavy atom. The Hall–Kier alpha value is -2.86. The number of anilines is 1. The molecule has 0 aliphatic carbocycles. The zero-order chi connectivity index (χ0) is 20.3. The minimum absolute atomic E-state index is 0.0737. The van der Waals surface area contributed by atoms with Gasteiger partial charge in [0.05, 0.1) is 19.0 Å². The van der Waals surface area contributed by atoms with E-state index in [0.29, 0.717) is 5.56 Å². The van der Waals surface area contributed by atoms with Crippen LogP contribution in [0.3, 0.4) is 0 Å². The SMILES string of the molecule is [15NH2]C(=O)c1ncn([C@H]2C[C@H](O)[C@@H](CO)O2)c1NC(=S)NC(=O)c1ccccc1. The van der Waals surface area contributed by atoms with Crippen molar-refractivity contribution < 1.29 is 24.5 Å². The van der Waals surface area contributed by atoms with Crippen molar-refractivity contribution in [1.29, 1.82) is 0 Å². The van der Waals surface area contributed by atoms with Gasteiger partial charge in [0, 0.05) is 12.0 Å². The van der Waals surface area contributed by atoms with Crippen molar-refractivity contribution in [3.05, 3.63) is 47.9 Å². The Balaban J connectivity index is 1.78. The maximum atomic E-state index is 12.2. The summed E-state index contributed by atoms with van der Waals surface area (Å²) < 4.78 is 7.01. The van der Waals surface area contributed by atoms with Crippen molar-refractivity contribution in [3.8, 4) is 0 Å². The molecule has 1 aromatic carbocycles. The molecule has 0 radical (unpaired) electrons. The van der Waals surface area contributed by atoms with Gasteiger partial charge in [0.25, 0.3) is 11.8 Å². The van der Waals surface area contributed by atoms with E-state index >= 15 is 0 Å². The number of aromatic nitrogens is 2. The van der Waals surface area contributed by atoms with E-state index in [0.717, 1.165) is 0 Å². The minimum atomic E-state index is -0.882. The Morgan fingerprint density at radius 3 is 2.68 bits per heavy atom. The summed E-state index contributed by atoms with van der Waals surface area (Å²) in [5.41, 5.74) is 5.66. The number of aliphatic hydroxyl groups excluding tert-OH is 2. The Kier molecular flexibility index (Phi) is 5.99. The molecule has 10 nitrogen and oxygen atoms in total. The molecule has 3 atom stereocenters. The highest BCUT2D eigenvalue weighted by Crippen LogP contribution is 2.32. The zero-order valence-corrected chi connectivity index (χ0v) is 15.4. The van der Waals surface area contributed by atoms with E-state index < -0.39 is 30.3 Å². The van der Waals surface area contributed by atoms with Crippen LogP contribution < -0.4 is 16.4 Å². The summed E-state index contributed by atoms with van der Waals surface area (Å²) in [5, 5.41) is 24.4. The number of primary amides is 1. The monoisotopic (exact) mass is 406 g/mol. The predicted octanol–water partition coefficient (Wildman–Crippen LogP) is -0.250. The molecule has 11 heteroatoms. The third-order valence-corrected chi connectivity index (χ3v) is 4.42. The molecule has 1 aliphatic heterocycles. The van der Waals surface area contributed by atoms with Crippen LogP contribution >= 0.6 is 12.2 Å². The van der Waals surface area contributed by atoms with Gasteiger partial charge in [-0.1, -0.05) is 18.2 Å². The number of imidazole rings is 1. The second kappa shape index (κ2) is 8.44. The zero-order valence-electron chi connectivity index (χ0n) is 14.6. The molecule has 6 N–H and O–H groups in total.